The minimum atomic E-state index is -0.531. The molecule has 0 saturated heterocycles. The normalized spacial score (nSPS) is 11.0. The average Bonchev–Trinajstić information content (AvgIpc) is 3.02. The molecule has 1 aromatic heterocycles. The maximum Gasteiger partial charge on any atom is 0.341 e. The molecule has 0 aliphatic rings. The Bertz CT molecular complexity index is 973. The zero-order valence-electron chi connectivity index (χ0n) is 16.6. The van der Waals surface area contributed by atoms with Crippen LogP contribution in [0, 0.1) is 6.92 Å². The number of carbonyl (C=O) groups excluding carboxylic acids is 4. The largest absolute Gasteiger partial charge is 0.462 e. The Morgan fingerprint density at radius 3 is 2.31 bits per heavy atom. The second-order valence-electron chi connectivity index (χ2n) is 6.22. The number of hydrogen-bond donors (Lipinski definition) is 2. The maximum absolute atomic E-state index is 12.3. The molecule has 0 bridgehead atoms. The number of ketones is 1. The number of hydrogen-bond acceptors (Lipinski definition) is 6. The molecule has 2 aromatic rings. The molecule has 2 amide bonds. The molecule has 0 fully saturated rings. The lowest BCUT2D eigenvalue weighted by Crippen LogP contribution is -2.17. The van der Waals surface area contributed by atoms with E-state index in [9.17, 15) is 19.2 Å². The number of rotatable bonds is 7. The van der Waals surface area contributed by atoms with Gasteiger partial charge in [0.05, 0.1) is 12.2 Å². The van der Waals surface area contributed by atoms with Crippen molar-refractivity contribution < 1.29 is 23.9 Å². The van der Waals surface area contributed by atoms with E-state index < -0.39 is 17.8 Å². The van der Waals surface area contributed by atoms with Gasteiger partial charge in [0.2, 0.25) is 5.91 Å². The van der Waals surface area contributed by atoms with E-state index in [-0.39, 0.29) is 23.5 Å². The van der Waals surface area contributed by atoms with E-state index >= 15 is 0 Å². The molecule has 152 valence electrons. The van der Waals surface area contributed by atoms with Gasteiger partial charge in [-0.25, -0.2) is 4.79 Å². The van der Waals surface area contributed by atoms with Crippen molar-refractivity contribution in [3.05, 3.63) is 58.0 Å². The van der Waals surface area contributed by atoms with Gasteiger partial charge in [0, 0.05) is 27.8 Å². The molecule has 0 aliphatic carbocycles. The van der Waals surface area contributed by atoms with E-state index in [0.717, 1.165) is 11.0 Å². The van der Waals surface area contributed by atoms with Gasteiger partial charge in [0.1, 0.15) is 5.00 Å². The van der Waals surface area contributed by atoms with Gasteiger partial charge in [-0.2, -0.15) is 0 Å². The summed E-state index contributed by atoms with van der Waals surface area (Å²) in [6, 6.07) is 8.09. The third-order valence-corrected chi connectivity index (χ3v) is 4.81. The number of ether oxygens (including phenoxy) is 1. The summed E-state index contributed by atoms with van der Waals surface area (Å²) in [6.07, 6.45) is 1.16. The first-order valence-electron chi connectivity index (χ1n) is 8.90. The van der Waals surface area contributed by atoms with Crippen molar-refractivity contribution in [2.75, 3.05) is 17.2 Å². The fourth-order valence-electron chi connectivity index (χ4n) is 2.40. The van der Waals surface area contributed by atoms with E-state index in [2.05, 4.69) is 10.6 Å². The van der Waals surface area contributed by atoms with E-state index in [1.807, 2.05) is 6.92 Å². The Balaban J connectivity index is 2.05. The van der Waals surface area contributed by atoms with Crippen molar-refractivity contribution in [2.45, 2.75) is 27.7 Å². The number of thiophene rings is 1. The molecular weight excluding hydrogens is 392 g/mol. The topological polar surface area (TPSA) is 102 Å². The summed E-state index contributed by atoms with van der Waals surface area (Å²) in [6.45, 7) is 6.71. The zero-order valence-corrected chi connectivity index (χ0v) is 17.4. The lowest BCUT2D eigenvalue weighted by Gasteiger charge is -2.07. The van der Waals surface area contributed by atoms with Crippen LogP contribution in [0.15, 0.2) is 42.0 Å². The molecule has 8 heteroatoms. The van der Waals surface area contributed by atoms with Crippen LogP contribution >= 0.6 is 11.3 Å². The summed E-state index contributed by atoms with van der Waals surface area (Å²) < 4.78 is 4.99. The van der Waals surface area contributed by atoms with E-state index in [4.69, 9.17) is 4.74 Å². The highest BCUT2D eigenvalue weighted by atomic mass is 32.1. The lowest BCUT2D eigenvalue weighted by atomic mass is 10.1. The van der Waals surface area contributed by atoms with Crippen molar-refractivity contribution in [1.82, 2.24) is 0 Å². The van der Waals surface area contributed by atoms with Crippen LogP contribution in [-0.4, -0.2) is 30.2 Å². The summed E-state index contributed by atoms with van der Waals surface area (Å²) in [5.41, 5.74) is 1.51. The number of nitrogens with one attached hydrogen (secondary N) is 2. The second-order valence-corrected chi connectivity index (χ2v) is 7.48. The first kappa shape index (κ1) is 22.0. The first-order chi connectivity index (χ1) is 13.7. The van der Waals surface area contributed by atoms with E-state index in [1.165, 1.54) is 25.2 Å². The Hall–Kier alpha value is -3.26. The smallest absolute Gasteiger partial charge is 0.341 e. The average molecular weight is 414 g/mol. The minimum absolute atomic E-state index is 0.0679. The summed E-state index contributed by atoms with van der Waals surface area (Å²) in [5, 5.41) is 5.65. The summed E-state index contributed by atoms with van der Waals surface area (Å²) in [7, 11) is 0. The highest BCUT2D eigenvalue weighted by Gasteiger charge is 2.18. The van der Waals surface area contributed by atoms with Gasteiger partial charge in [-0.15, -0.1) is 11.3 Å². The molecule has 0 saturated carbocycles. The van der Waals surface area contributed by atoms with E-state index in [1.54, 1.807) is 37.3 Å². The summed E-state index contributed by atoms with van der Waals surface area (Å²) >= 11 is 1.25. The molecule has 2 N–H and O–H groups in total. The quantitative estimate of drug-likeness (QED) is 0.406. The molecule has 1 aromatic carbocycles. The van der Waals surface area contributed by atoms with Gasteiger partial charge in [0.15, 0.2) is 5.78 Å². The minimum Gasteiger partial charge on any atom is -0.462 e. The summed E-state index contributed by atoms with van der Waals surface area (Å²) in [4.78, 5) is 48.7. The Morgan fingerprint density at radius 2 is 1.72 bits per heavy atom. The molecule has 0 aliphatic heterocycles. The third-order valence-electron chi connectivity index (χ3n) is 3.84. The predicted octanol–water partition coefficient (Wildman–Crippen LogP) is 3.96. The van der Waals surface area contributed by atoms with Crippen LogP contribution in [0.2, 0.25) is 0 Å². The van der Waals surface area contributed by atoms with Gasteiger partial charge in [-0.05, 0) is 58.0 Å². The molecule has 2 rings (SSSR count). The maximum atomic E-state index is 12.3. The Labute approximate surface area is 172 Å². The fraction of sp³-hybridized carbons (Fsp3) is 0.238. The summed E-state index contributed by atoms with van der Waals surface area (Å²) in [5.74, 6) is -1.57. The van der Waals surface area contributed by atoms with Gasteiger partial charge in [-0.1, -0.05) is 0 Å². The lowest BCUT2D eigenvalue weighted by molar-refractivity contribution is -0.114. The van der Waals surface area contributed by atoms with Crippen LogP contribution in [0.1, 0.15) is 46.4 Å². The zero-order chi connectivity index (χ0) is 21.6. The molecule has 1 heterocycles. The number of benzene rings is 1. The number of anilines is 2. The number of esters is 1. The molecule has 0 unspecified atom stereocenters. The highest BCUT2D eigenvalue weighted by Crippen LogP contribution is 2.28. The van der Waals surface area contributed by atoms with Crippen LogP contribution in [0.3, 0.4) is 0 Å². The van der Waals surface area contributed by atoms with Gasteiger partial charge >= 0.3 is 5.97 Å². The van der Waals surface area contributed by atoms with Crippen LogP contribution in [0.4, 0.5) is 10.7 Å². The monoisotopic (exact) mass is 414 g/mol. The first-order valence-corrected chi connectivity index (χ1v) is 9.72. The third kappa shape index (κ3) is 6.11. The number of carbonyl (C=O) groups is 4. The SMILES string of the molecule is CCOC(=O)c1cc(C)sc1NC(=O)/C=C(/C)C(=O)Nc1ccc(C(C)=O)cc1. The van der Waals surface area contributed by atoms with Crippen LogP contribution in [0.5, 0.6) is 0 Å². The van der Waals surface area contributed by atoms with Crippen molar-refractivity contribution in [3.63, 3.8) is 0 Å². The molecular formula is C21H22N2O5S. The second kappa shape index (κ2) is 9.79. The molecule has 29 heavy (non-hydrogen) atoms. The van der Waals surface area contributed by atoms with Crippen LogP contribution < -0.4 is 10.6 Å². The van der Waals surface area contributed by atoms with Crippen molar-refractivity contribution >= 4 is 45.6 Å². The molecule has 0 radical (unpaired) electrons. The highest BCUT2D eigenvalue weighted by molar-refractivity contribution is 7.16. The van der Waals surface area contributed by atoms with E-state index in [0.29, 0.717) is 16.3 Å². The Kier molecular flexibility index (Phi) is 7.44. The van der Waals surface area contributed by atoms with Gasteiger partial charge in [0.25, 0.3) is 5.91 Å². The fourth-order valence-corrected chi connectivity index (χ4v) is 3.30. The molecule has 0 spiro atoms. The number of amides is 2. The van der Waals surface area contributed by atoms with Crippen LogP contribution in [0.25, 0.3) is 0 Å². The van der Waals surface area contributed by atoms with Gasteiger partial charge in [-0.3, -0.25) is 14.4 Å². The van der Waals surface area contributed by atoms with Crippen molar-refractivity contribution in [1.29, 1.82) is 0 Å². The van der Waals surface area contributed by atoms with Crippen molar-refractivity contribution in [3.8, 4) is 0 Å². The number of aryl methyl sites for hydroxylation is 1. The Morgan fingerprint density at radius 1 is 1.07 bits per heavy atom. The van der Waals surface area contributed by atoms with Crippen molar-refractivity contribution in [2.24, 2.45) is 0 Å². The molecule has 7 nitrogen and oxygen atoms in total. The molecule has 0 atom stereocenters. The van der Waals surface area contributed by atoms with Gasteiger partial charge < -0.3 is 15.4 Å². The predicted molar refractivity (Wildman–Crippen MR) is 112 cm³/mol. The van der Waals surface area contributed by atoms with Crippen LogP contribution in [-0.2, 0) is 14.3 Å². The standard InChI is InChI=1S/C21H22N2O5S/c1-5-28-21(27)17-11-13(3)29-20(17)23-18(25)10-12(2)19(26)22-16-8-6-15(7-9-16)14(4)24/h6-11H,5H2,1-4H3,(H,22,26)(H,23,25)/b12-10-. The number of Topliss-reactive ketones (excluding diaryl/α,β-unsaturated/α-hetero) is 1.